The SMILES string of the molecule is COc1cnc(C(F)F)c(OC(F)(F)F)c1I. The molecule has 96 valence electrons. The Labute approximate surface area is 106 Å². The van der Waals surface area contributed by atoms with Gasteiger partial charge in [0, 0.05) is 0 Å². The van der Waals surface area contributed by atoms with Crippen LogP contribution in [0.5, 0.6) is 11.5 Å². The Morgan fingerprint density at radius 1 is 1.35 bits per heavy atom. The average Bonchev–Trinajstić information content (AvgIpc) is 2.18. The zero-order valence-electron chi connectivity index (χ0n) is 8.19. The van der Waals surface area contributed by atoms with Gasteiger partial charge in [-0.05, 0) is 22.6 Å². The molecule has 0 unspecified atom stereocenters. The molecule has 17 heavy (non-hydrogen) atoms. The van der Waals surface area contributed by atoms with Gasteiger partial charge in [0.25, 0.3) is 6.43 Å². The number of rotatable bonds is 3. The van der Waals surface area contributed by atoms with Crippen LogP contribution in [0.25, 0.3) is 0 Å². The maximum atomic E-state index is 12.5. The molecule has 0 atom stereocenters. The van der Waals surface area contributed by atoms with Crippen LogP contribution in [0.3, 0.4) is 0 Å². The summed E-state index contributed by atoms with van der Waals surface area (Å²) < 4.78 is 69.1. The van der Waals surface area contributed by atoms with Crippen molar-refractivity contribution in [1.82, 2.24) is 4.98 Å². The molecule has 0 aliphatic rings. The quantitative estimate of drug-likeness (QED) is 0.604. The lowest BCUT2D eigenvalue weighted by Gasteiger charge is -2.15. The Morgan fingerprint density at radius 2 is 1.94 bits per heavy atom. The van der Waals surface area contributed by atoms with Crippen molar-refractivity contribution in [2.24, 2.45) is 0 Å². The third-order valence-corrected chi connectivity index (χ3v) is 2.64. The van der Waals surface area contributed by atoms with E-state index in [0.29, 0.717) is 0 Å². The highest BCUT2D eigenvalue weighted by atomic mass is 127. The number of halogens is 6. The first-order chi connectivity index (χ1) is 7.76. The molecule has 0 saturated carbocycles. The molecule has 0 N–H and O–H groups in total. The normalized spacial score (nSPS) is 11.8. The fourth-order valence-electron chi connectivity index (χ4n) is 0.978. The lowest BCUT2D eigenvalue weighted by atomic mass is 10.3. The number of hydrogen-bond acceptors (Lipinski definition) is 3. The van der Waals surface area contributed by atoms with Crippen molar-refractivity contribution in [3.8, 4) is 11.5 Å². The van der Waals surface area contributed by atoms with Gasteiger partial charge < -0.3 is 9.47 Å². The molecule has 0 spiro atoms. The first-order valence-electron chi connectivity index (χ1n) is 4.02. The molecule has 3 nitrogen and oxygen atoms in total. The summed E-state index contributed by atoms with van der Waals surface area (Å²) >= 11 is 1.42. The summed E-state index contributed by atoms with van der Waals surface area (Å²) in [6.45, 7) is 0. The molecule has 0 aromatic carbocycles. The van der Waals surface area contributed by atoms with Crippen molar-refractivity contribution in [1.29, 1.82) is 0 Å². The highest BCUT2D eigenvalue weighted by molar-refractivity contribution is 14.1. The van der Waals surface area contributed by atoms with E-state index in [1.807, 2.05) is 0 Å². The van der Waals surface area contributed by atoms with Crippen molar-refractivity contribution >= 4 is 22.6 Å². The maximum Gasteiger partial charge on any atom is 0.573 e. The first kappa shape index (κ1) is 14.2. The van der Waals surface area contributed by atoms with E-state index < -0.39 is 24.2 Å². The van der Waals surface area contributed by atoms with Crippen LogP contribution in [-0.2, 0) is 0 Å². The summed E-state index contributed by atoms with van der Waals surface area (Å²) in [4.78, 5) is 3.19. The molecule has 0 amide bonds. The molecular formula is C8H5F5INO2. The van der Waals surface area contributed by atoms with E-state index in [2.05, 4.69) is 14.5 Å². The number of nitrogens with zero attached hydrogens (tertiary/aromatic N) is 1. The topological polar surface area (TPSA) is 31.4 Å². The van der Waals surface area contributed by atoms with Gasteiger partial charge >= 0.3 is 6.36 Å². The van der Waals surface area contributed by atoms with E-state index in [9.17, 15) is 22.0 Å². The van der Waals surface area contributed by atoms with Gasteiger partial charge in [0.05, 0.1) is 13.3 Å². The second kappa shape index (κ2) is 5.19. The Bertz CT molecular complexity index is 410. The van der Waals surface area contributed by atoms with Crippen LogP contribution in [0.2, 0.25) is 0 Å². The van der Waals surface area contributed by atoms with E-state index in [0.717, 1.165) is 6.20 Å². The second-order valence-electron chi connectivity index (χ2n) is 2.70. The number of hydrogen-bond donors (Lipinski definition) is 0. The smallest absolute Gasteiger partial charge is 0.494 e. The van der Waals surface area contributed by atoms with Gasteiger partial charge in [-0.3, -0.25) is 0 Å². The molecular weight excluding hydrogens is 364 g/mol. The highest BCUT2D eigenvalue weighted by Crippen LogP contribution is 2.39. The molecule has 0 radical (unpaired) electrons. The van der Waals surface area contributed by atoms with Gasteiger partial charge in [0.1, 0.15) is 9.26 Å². The summed E-state index contributed by atoms with van der Waals surface area (Å²) in [5, 5.41) is 0. The number of pyridine rings is 1. The zero-order valence-corrected chi connectivity index (χ0v) is 10.3. The van der Waals surface area contributed by atoms with Crippen molar-refractivity contribution in [3.63, 3.8) is 0 Å². The van der Waals surface area contributed by atoms with Gasteiger partial charge in [0.15, 0.2) is 11.5 Å². The van der Waals surface area contributed by atoms with E-state index >= 15 is 0 Å². The lowest BCUT2D eigenvalue weighted by Crippen LogP contribution is -2.19. The third-order valence-electron chi connectivity index (χ3n) is 1.61. The molecule has 1 heterocycles. The predicted octanol–water partition coefficient (Wildman–Crippen LogP) is 3.53. The maximum absolute atomic E-state index is 12.5. The van der Waals surface area contributed by atoms with Crippen LogP contribution in [0.4, 0.5) is 22.0 Å². The summed E-state index contributed by atoms with van der Waals surface area (Å²) in [6.07, 6.45) is -7.34. The van der Waals surface area contributed by atoms with Crippen molar-refractivity contribution in [2.45, 2.75) is 12.8 Å². The van der Waals surface area contributed by atoms with E-state index in [1.54, 1.807) is 0 Å². The van der Waals surface area contributed by atoms with Crippen LogP contribution in [-0.4, -0.2) is 18.5 Å². The van der Waals surface area contributed by atoms with Gasteiger partial charge in [-0.15, -0.1) is 13.2 Å². The first-order valence-corrected chi connectivity index (χ1v) is 5.10. The van der Waals surface area contributed by atoms with Crippen LogP contribution in [0.15, 0.2) is 6.20 Å². The number of ether oxygens (including phenoxy) is 2. The Kier molecular flexibility index (Phi) is 4.33. The number of alkyl halides is 5. The number of methoxy groups -OCH3 is 1. The molecule has 0 aliphatic carbocycles. The van der Waals surface area contributed by atoms with E-state index in [4.69, 9.17) is 0 Å². The largest absolute Gasteiger partial charge is 0.573 e. The molecule has 1 aromatic heterocycles. The molecule has 0 fully saturated rings. The van der Waals surface area contributed by atoms with Crippen LogP contribution < -0.4 is 9.47 Å². The van der Waals surface area contributed by atoms with Gasteiger partial charge in [-0.25, -0.2) is 13.8 Å². The predicted molar refractivity (Wildman–Crippen MR) is 55.1 cm³/mol. The number of aromatic nitrogens is 1. The molecule has 0 saturated heterocycles. The van der Waals surface area contributed by atoms with Crippen molar-refractivity contribution in [3.05, 3.63) is 15.5 Å². The highest BCUT2D eigenvalue weighted by Gasteiger charge is 2.35. The molecule has 0 bridgehead atoms. The summed E-state index contributed by atoms with van der Waals surface area (Å²) in [5.74, 6) is -1.11. The molecule has 1 rings (SSSR count). The standard InChI is InChI=1S/C8H5F5INO2/c1-16-3-2-15-5(7(9)10)6(4(3)14)17-8(11,12)13/h2,7H,1H3. The van der Waals surface area contributed by atoms with Crippen LogP contribution >= 0.6 is 22.6 Å². The van der Waals surface area contributed by atoms with Crippen molar-refractivity contribution in [2.75, 3.05) is 7.11 Å². The summed E-state index contributed by atoms with van der Waals surface area (Å²) in [6, 6.07) is 0. The molecule has 9 heteroatoms. The van der Waals surface area contributed by atoms with Crippen molar-refractivity contribution < 1.29 is 31.4 Å². The van der Waals surface area contributed by atoms with E-state index in [1.165, 1.54) is 29.7 Å². The fourth-order valence-corrected chi connectivity index (χ4v) is 1.72. The molecule has 0 aliphatic heterocycles. The Balaban J connectivity index is 3.30. The minimum absolute atomic E-state index is 0.0748. The minimum Gasteiger partial charge on any atom is -0.494 e. The van der Waals surface area contributed by atoms with Gasteiger partial charge in [-0.2, -0.15) is 0 Å². The zero-order chi connectivity index (χ0) is 13.2. The Morgan fingerprint density at radius 3 is 2.35 bits per heavy atom. The summed E-state index contributed by atoms with van der Waals surface area (Å²) in [7, 11) is 1.18. The summed E-state index contributed by atoms with van der Waals surface area (Å²) in [5.41, 5.74) is -1.08. The fraction of sp³-hybridized carbons (Fsp3) is 0.375. The van der Waals surface area contributed by atoms with Gasteiger partial charge in [-0.1, -0.05) is 0 Å². The Hall–Kier alpha value is -0.870. The van der Waals surface area contributed by atoms with Crippen LogP contribution in [0.1, 0.15) is 12.1 Å². The van der Waals surface area contributed by atoms with E-state index in [-0.39, 0.29) is 9.32 Å². The molecule has 1 aromatic rings. The second-order valence-corrected chi connectivity index (χ2v) is 3.78. The third kappa shape index (κ3) is 3.54. The average molecular weight is 369 g/mol. The van der Waals surface area contributed by atoms with Gasteiger partial charge in [0.2, 0.25) is 0 Å². The lowest BCUT2D eigenvalue weighted by molar-refractivity contribution is -0.275. The van der Waals surface area contributed by atoms with Crippen LogP contribution in [0, 0.1) is 3.57 Å². The monoisotopic (exact) mass is 369 g/mol. The minimum atomic E-state index is -5.07.